The molecule has 0 rings (SSSR count). The molecule has 0 bridgehead atoms. The van der Waals surface area contributed by atoms with E-state index >= 15 is 0 Å². The summed E-state index contributed by atoms with van der Waals surface area (Å²) >= 11 is 0. The van der Waals surface area contributed by atoms with Crippen LogP contribution in [0.1, 0.15) is 40.0 Å². The van der Waals surface area contributed by atoms with E-state index in [2.05, 4.69) is 9.98 Å². The molecule has 0 aliphatic carbocycles. The summed E-state index contributed by atoms with van der Waals surface area (Å²) in [5, 5.41) is 0. The van der Waals surface area contributed by atoms with E-state index in [1.54, 1.807) is 6.08 Å². The van der Waals surface area contributed by atoms with Gasteiger partial charge in [-0.3, -0.25) is 0 Å². The van der Waals surface area contributed by atoms with Crippen LogP contribution in [0.4, 0.5) is 0 Å². The Labute approximate surface area is 90.5 Å². The van der Waals surface area contributed by atoms with Gasteiger partial charge in [0.15, 0.2) is 0 Å². The summed E-state index contributed by atoms with van der Waals surface area (Å²) in [6.07, 6.45) is 5.67. The summed E-state index contributed by atoms with van der Waals surface area (Å²) < 4.78 is 0. The second kappa shape index (κ2) is 7.10. The molecule has 0 saturated carbocycles. The highest BCUT2D eigenvalue weighted by atomic mass is 16.1. The minimum atomic E-state index is -0.0225. The Balaban J connectivity index is 3.98. The van der Waals surface area contributed by atoms with Gasteiger partial charge in [0.1, 0.15) is 0 Å². The third-order valence-corrected chi connectivity index (χ3v) is 2.27. The first-order chi connectivity index (χ1) is 7.02. The molecule has 84 valence electrons. The van der Waals surface area contributed by atoms with E-state index < -0.39 is 0 Å². The van der Waals surface area contributed by atoms with Crippen molar-refractivity contribution in [3.8, 4) is 0 Å². The Morgan fingerprint density at radius 1 is 1.13 bits per heavy atom. The number of carbonyl (C=O) groups excluding carboxylic acids is 2. The molecule has 4 heteroatoms. The quantitative estimate of drug-likeness (QED) is 0.383. The van der Waals surface area contributed by atoms with E-state index in [0.29, 0.717) is 6.54 Å². The van der Waals surface area contributed by atoms with Crippen molar-refractivity contribution in [2.75, 3.05) is 6.54 Å². The molecule has 0 amide bonds. The van der Waals surface area contributed by atoms with Crippen LogP contribution < -0.4 is 0 Å². The number of rotatable bonds is 6. The van der Waals surface area contributed by atoms with Crippen molar-refractivity contribution in [3.63, 3.8) is 0 Å². The Morgan fingerprint density at radius 2 is 1.80 bits per heavy atom. The van der Waals surface area contributed by atoms with Gasteiger partial charge in [0.2, 0.25) is 12.2 Å². The summed E-state index contributed by atoms with van der Waals surface area (Å²) in [6, 6.07) is -0.00443. The van der Waals surface area contributed by atoms with Crippen LogP contribution in [0.25, 0.3) is 0 Å². The van der Waals surface area contributed by atoms with E-state index in [1.165, 1.54) is 6.08 Å². The second-order valence-electron chi connectivity index (χ2n) is 4.57. The lowest BCUT2D eigenvalue weighted by Crippen LogP contribution is -2.24. The lowest BCUT2D eigenvalue weighted by Gasteiger charge is -2.25. The zero-order chi connectivity index (χ0) is 11.7. The van der Waals surface area contributed by atoms with Crippen molar-refractivity contribution in [1.29, 1.82) is 0 Å². The van der Waals surface area contributed by atoms with Crippen LogP contribution in [-0.2, 0) is 9.59 Å². The molecular formula is C11H18N2O2. The monoisotopic (exact) mass is 210 g/mol. The standard InChI is InChI=1S/C11H18N2O2/c1-11(2,3)10(13-9-15)6-4-5-7-12-8-14/h10H,4-7H2,1-3H3. The molecule has 0 fully saturated rings. The fraction of sp³-hybridized carbons (Fsp3) is 0.818. The van der Waals surface area contributed by atoms with Crippen LogP contribution in [0.3, 0.4) is 0 Å². The highest BCUT2D eigenvalue weighted by molar-refractivity contribution is 5.34. The third kappa shape index (κ3) is 6.78. The summed E-state index contributed by atoms with van der Waals surface area (Å²) in [7, 11) is 0. The number of nitrogens with zero attached hydrogens (tertiary/aromatic N) is 2. The fourth-order valence-corrected chi connectivity index (χ4v) is 1.33. The van der Waals surface area contributed by atoms with Gasteiger partial charge < -0.3 is 0 Å². The van der Waals surface area contributed by atoms with Crippen LogP contribution in [0.2, 0.25) is 0 Å². The predicted octanol–water partition coefficient (Wildman–Crippen LogP) is 2.24. The lowest BCUT2D eigenvalue weighted by molar-refractivity contribution is 0.301. The van der Waals surface area contributed by atoms with Gasteiger partial charge in [-0.1, -0.05) is 20.8 Å². The minimum absolute atomic E-state index is 0.00443. The average molecular weight is 210 g/mol. The Morgan fingerprint density at radius 3 is 2.27 bits per heavy atom. The van der Waals surface area contributed by atoms with Crippen LogP contribution in [0, 0.1) is 5.41 Å². The van der Waals surface area contributed by atoms with E-state index in [-0.39, 0.29) is 11.5 Å². The summed E-state index contributed by atoms with van der Waals surface area (Å²) in [5.74, 6) is 0. The first-order valence-electron chi connectivity index (χ1n) is 5.13. The number of unbranched alkanes of at least 4 members (excludes halogenated alkanes) is 1. The van der Waals surface area contributed by atoms with Crippen molar-refractivity contribution < 1.29 is 9.59 Å². The van der Waals surface area contributed by atoms with Crippen LogP contribution >= 0.6 is 0 Å². The molecule has 0 aliphatic rings. The maximum absolute atomic E-state index is 10.2. The highest BCUT2D eigenvalue weighted by Crippen LogP contribution is 2.26. The average Bonchev–Trinajstić information content (AvgIpc) is 2.14. The molecule has 1 unspecified atom stereocenters. The molecule has 0 aromatic heterocycles. The maximum atomic E-state index is 10.2. The molecule has 0 spiro atoms. The minimum Gasteiger partial charge on any atom is -0.211 e. The molecule has 4 nitrogen and oxygen atoms in total. The van der Waals surface area contributed by atoms with Crippen LogP contribution in [0.15, 0.2) is 9.98 Å². The summed E-state index contributed by atoms with van der Waals surface area (Å²) in [6.45, 7) is 6.64. The number of aliphatic imine (C=N–C) groups is 2. The van der Waals surface area contributed by atoms with E-state index in [9.17, 15) is 9.59 Å². The van der Waals surface area contributed by atoms with Gasteiger partial charge in [-0.05, 0) is 24.7 Å². The number of isocyanates is 2. The maximum Gasteiger partial charge on any atom is 0.235 e. The van der Waals surface area contributed by atoms with Crippen LogP contribution in [0.5, 0.6) is 0 Å². The Kier molecular flexibility index (Phi) is 6.52. The van der Waals surface area contributed by atoms with Gasteiger partial charge >= 0.3 is 0 Å². The zero-order valence-corrected chi connectivity index (χ0v) is 9.62. The largest absolute Gasteiger partial charge is 0.235 e. The lowest BCUT2D eigenvalue weighted by atomic mass is 9.84. The van der Waals surface area contributed by atoms with Crippen molar-refractivity contribution >= 4 is 12.2 Å². The van der Waals surface area contributed by atoms with E-state index in [1.807, 2.05) is 20.8 Å². The van der Waals surface area contributed by atoms with Gasteiger partial charge in [0.05, 0.1) is 12.6 Å². The normalized spacial score (nSPS) is 12.5. The van der Waals surface area contributed by atoms with Crippen molar-refractivity contribution in [2.24, 2.45) is 15.4 Å². The van der Waals surface area contributed by atoms with Gasteiger partial charge in [-0.15, -0.1) is 0 Å². The van der Waals surface area contributed by atoms with Crippen molar-refractivity contribution in [2.45, 2.75) is 46.1 Å². The summed E-state index contributed by atoms with van der Waals surface area (Å²) in [5.41, 5.74) is -0.0225. The molecule has 0 N–H and O–H groups in total. The van der Waals surface area contributed by atoms with E-state index in [4.69, 9.17) is 0 Å². The van der Waals surface area contributed by atoms with Gasteiger partial charge in [0.25, 0.3) is 0 Å². The molecule has 0 aromatic carbocycles. The topological polar surface area (TPSA) is 58.9 Å². The van der Waals surface area contributed by atoms with Crippen molar-refractivity contribution in [3.05, 3.63) is 0 Å². The third-order valence-electron chi connectivity index (χ3n) is 2.27. The van der Waals surface area contributed by atoms with Crippen molar-refractivity contribution in [1.82, 2.24) is 0 Å². The Bertz CT molecular complexity index is 269. The highest BCUT2D eigenvalue weighted by Gasteiger charge is 2.23. The molecule has 0 saturated heterocycles. The molecule has 0 aliphatic heterocycles. The first-order valence-corrected chi connectivity index (χ1v) is 5.13. The Hall–Kier alpha value is -1.24. The molecule has 0 heterocycles. The number of hydrogen-bond acceptors (Lipinski definition) is 4. The van der Waals surface area contributed by atoms with E-state index in [0.717, 1.165) is 19.3 Å². The molecular weight excluding hydrogens is 192 g/mol. The van der Waals surface area contributed by atoms with Gasteiger partial charge in [-0.2, -0.15) is 0 Å². The smallest absolute Gasteiger partial charge is 0.211 e. The SMILES string of the molecule is CC(C)(C)C(CCCCN=C=O)N=C=O. The van der Waals surface area contributed by atoms with Gasteiger partial charge in [-0.25, -0.2) is 19.6 Å². The number of hydrogen-bond donors (Lipinski definition) is 0. The first kappa shape index (κ1) is 13.8. The molecule has 0 aromatic rings. The summed E-state index contributed by atoms with van der Waals surface area (Å²) in [4.78, 5) is 27.3. The van der Waals surface area contributed by atoms with Gasteiger partial charge in [0, 0.05) is 0 Å². The fourth-order valence-electron chi connectivity index (χ4n) is 1.33. The van der Waals surface area contributed by atoms with Crippen LogP contribution in [-0.4, -0.2) is 24.7 Å². The molecule has 1 atom stereocenters. The molecule has 15 heavy (non-hydrogen) atoms. The zero-order valence-electron chi connectivity index (χ0n) is 9.62. The second-order valence-corrected chi connectivity index (χ2v) is 4.57. The molecule has 0 radical (unpaired) electrons. The predicted molar refractivity (Wildman–Crippen MR) is 58.2 cm³/mol.